The lowest BCUT2D eigenvalue weighted by Gasteiger charge is -2.36. The van der Waals surface area contributed by atoms with Crippen LogP contribution in [0.15, 0.2) is 103 Å². The molecule has 1 heterocycles. The summed E-state index contributed by atoms with van der Waals surface area (Å²) in [5.74, 6) is -0.130. The van der Waals surface area contributed by atoms with Gasteiger partial charge in [0, 0.05) is 0 Å². The van der Waals surface area contributed by atoms with E-state index in [0.29, 0.717) is 38.5 Å². The van der Waals surface area contributed by atoms with Gasteiger partial charge in [0.25, 0.3) is 11.8 Å². The minimum absolute atomic E-state index is 0.0483. The summed E-state index contributed by atoms with van der Waals surface area (Å²) in [7, 11) is 1.52. The van der Waals surface area contributed by atoms with Crippen LogP contribution in [0.4, 0.5) is 11.4 Å². The van der Waals surface area contributed by atoms with Gasteiger partial charge in [-0.1, -0.05) is 71.7 Å². The summed E-state index contributed by atoms with van der Waals surface area (Å²) in [6, 6.07) is 28.4. The second-order valence-corrected chi connectivity index (χ2v) is 9.92. The largest absolute Gasteiger partial charge is 0.493 e. The van der Waals surface area contributed by atoms with Gasteiger partial charge < -0.3 is 9.47 Å². The van der Waals surface area contributed by atoms with Crippen LogP contribution in [0, 0.1) is 0 Å². The second-order valence-electron chi connectivity index (χ2n) is 8.74. The molecule has 1 aliphatic rings. The number of nitrogens with zero attached hydrogens (tertiary/aromatic N) is 2. The maximum absolute atomic E-state index is 13.7. The Bertz CT molecular complexity index is 1560. The highest BCUT2D eigenvalue weighted by atomic mass is 35.5. The summed E-state index contributed by atoms with van der Waals surface area (Å²) >= 11 is 17.8. The Hall–Kier alpha value is -4.17. The number of hydrogen-bond acceptors (Lipinski definition) is 5. The first kappa shape index (κ1) is 27.4. The summed E-state index contributed by atoms with van der Waals surface area (Å²) in [5, 5.41) is 0.977. The van der Waals surface area contributed by atoms with Crippen LogP contribution in [0.1, 0.15) is 11.1 Å². The van der Waals surface area contributed by atoms with Gasteiger partial charge in [-0.15, -0.1) is 0 Å². The van der Waals surface area contributed by atoms with Crippen molar-refractivity contribution < 1.29 is 19.1 Å². The SMILES string of the molecule is COc1cc(C=C2C(=O)N(c3ccccc3)C(=S)N(c3ccccc3)C2=O)ccc1OCc1ccc(Cl)c(Cl)c1. The van der Waals surface area contributed by atoms with E-state index in [1.54, 1.807) is 78.9 Å². The summed E-state index contributed by atoms with van der Waals surface area (Å²) in [6.07, 6.45) is 1.53. The lowest BCUT2D eigenvalue weighted by Crippen LogP contribution is -2.56. The average molecular weight is 590 g/mol. The number of rotatable bonds is 7. The summed E-state index contributed by atoms with van der Waals surface area (Å²) in [5.41, 5.74) is 2.47. The van der Waals surface area contributed by atoms with Crippen LogP contribution in [0.3, 0.4) is 0 Å². The summed E-state index contributed by atoms with van der Waals surface area (Å²) in [4.78, 5) is 30.1. The molecular formula is C31H22Cl2N2O4S. The molecule has 5 rings (SSSR count). The van der Waals surface area contributed by atoms with Gasteiger partial charge in [-0.2, -0.15) is 0 Å². The fraction of sp³-hybridized carbons (Fsp3) is 0.0645. The van der Waals surface area contributed by atoms with Crippen LogP contribution in [0.25, 0.3) is 6.08 Å². The number of methoxy groups -OCH3 is 1. The van der Waals surface area contributed by atoms with Gasteiger partial charge in [0.05, 0.1) is 28.5 Å². The van der Waals surface area contributed by atoms with Crippen molar-refractivity contribution in [2.75, 3.05) is 16.9 Å². The number of carbonyl (C=O) groups is 2. The van der Waals surface area contributed by atoms with Gasteiger partial charge in [-0.05, 0) is 78.0 Å². The van der Waals surface area contributed by atoms with E-state index in [-0.39, 0.29) is 17.3 Å². The number of hydrogen-bond donors (Lipinski definition) is 0. The third kappa shape index (κ3) is 5.58. The number of ether oxygens (including phenoxy) is 2. The molecular weight excluding hydrogens is 567 g/mol. The molecule has 0 unspecified atom stereocenters. The van der Waals surface area contributed by atoms with E-state index in [4.69, 9.17) is 44.9 Å². The van der Waals surface area contributed by atoms with Crippen molar-refractivity contribution in [2.24, 2.45) is 0 Å². The van der Waals surface area contributed by atoms with E-state index >= 15 is 0 Å². The molecule has 0 saturated carbocycles. The molecule has 0 aliphatic carbocycles. The first-order valence-electron chi connectivity index (χ1n) is 12.2. The van der Waals surface area contributed by atoms with Crippen molar-refractivity contribution >= 4 is 69.8 Å². The molecule has 0 radical (unpaired) electrons. The standard InChI is InChI=1S/C31H22Cl2N2O4S/c1-38-28-18-20(13-15-27(28)39-19-21-12-14-25(32)26(33)17-21)16-24-29(36)34(22-8-4-2-5-9-22)31(40)35(30(24)37)23-10-6-3-7-11-23/h2-18H,19H2,1H3. The van der Waals surface area contributed by atoms with Gasteiger partial charge in [0.2, 0.25) is 0 Å². The van der Waals surface area contributed by atoms with E-state index in [0.717, 1.165) is 5.56 Å². The molecule has 1 saturated heterocycles. The number of amides is 2. The molecule has 4 aromatic rings. The van der Waals surface area contributed by atoms with E-state index < -0.39 is 11.8 Å². The Morgan fingerprint density at radius 2 is 1.35 bits per heavy atom. The van der Waals surface area contributed by atoms with Crippen molar-refractivity contribution in [2.45, 2.75) is 6.61 Å². The Morgan fingerprint density at radius 1 is 0.750 bits per heavy atom. The van der Waals surface area contributed by atoms with E-state index in [9.17, 15) is 9.59 Å². The molecule has 0 aromatic heterocycles. The zero-order valence-electron chi connectivity index (χ0n) is 21.2. The molecule has 1 fully saturated rings. The molecule has 6 nitrogen and oxygen atoms in total. The van der Waals surface area contributed by atoms with Crippen molar-refractivity contribution in [3.63, 3.8) is 0 Å². The Kier molecular flexibility index (Phi) is 8.16. The van der Waals surface area contributed by atoms with Gasteiger partial charge in [0.15, 0.2) is 16.6 Å². The molecule has 40 heavy (non-hydrogen) atoms. The number of thiocarbonyl (C=S) groups is 1. The molecule has 1 aliphatic heterocycles. The summed E-state index contributed by atoms with van der Waals surface area (Å²) < 4.78 is 11.5. The third-order valence-corrected chi connectivity index (χ3v) is 7.26. The Balaban J connectivity index is 1.49. The third-order valence-electron chi connectivity index (χ3n) is 6.16. The van der Waals surface area contributed by atoms with Gasteiger partial charge in [-0.3, -0.25) is 19.4 Å². The minimum Gasteiger partial charge on any atom is -0.493 e. The lowest BCUT2D eigenvalue weighted by atomic mass is 10.0. The average Bonchev–Trinajstić information content (AvgIpc) is 2.97. The fourth-order valence-electron chi connectivity index (χ4n) is 4.19. The van der Waals surface area contributed by atoms with Crippen LogP contribution in [-0.4, -0.2) is 24.0 Å². The molecule has 2 amide bonds. The first-order valence-corrected chi connectivity index (χ1v) is 13.3. The van der Waals surface area contributed by atoms with Crippen LogP contribution in [0.5, 0.6) is 11.5 Å². The van der Waals surface area contributed by atoms with Crippen LogP contribution < -0.4 is 19.3 Å². The molecule has 200 valence electrons. The van der Waals surface area contributed by atoms with E-state index in [2.05, 4.69) is 0 Å². The highest BCUT2D eigenvalue weighted by Gasteiger charge is 2.41. The number of carbonyl (C=O) groups excluding carboxylic acids is 2. The van der Waals surface area contributed by atoms with Crippen molar-refractivity contribution in [3.8, 4) is 11.5 Å². The number of anilines is 2. The lowest BCUT2D eigenvalue weighted by molar-refractivity contribution is -0.120. The van der Waals surface area contributed by atoms with Gasteiger partial charge >= 0.3 is 0 Å². The second kappa shape index (κ2) is 11.9. The van der Waals surface area contributed by atoms with Gasteiger partial charge in [-0.25, -0.2) is 0 Å². The van der Waals surface area contributed by atoms with E-state index in [1.807, 2.05) is 18.2 Å². The van der Waals surface area contributed by atoms with Crippen LogP contribution in [-0.2, 0) is 16.2 Å². The number of benzene rings is 4. The highest BCUT2D eigenvalue weighted by molar-refractivity contribution is 7.81. The Morgan fingerprint density at radius 3 is 1.90 bits per heavy atom. The molecule has 0 spiro atoms. The topological polar surface area (TPSA) is 59.1 Å². The minimum atomic E-state index is -0.521. The van der Waals surface area contributed by atoms with Crippen molar-refractivity contribution in [1.29, 1.82) is 0 Å². The quantitative estimate of drug-likeness (QED) is 0.128. The predicted molar refractivity (Wildman–Crippen MR) is 162 cm³/mol. The molecule has 0 bridgehead atoms. The van der Waals surface area contributed by atoms with Gasteiger partial charge in [0.1, 0.15) is 12.2 Å². The fourth-order valence-corrected chi connectivity index (χ4v) is 4.89. The Labute approximate surface area is 246 Å². The zero-order chi connectivity index (χ0) is 28.2. The molecule has 0 atom stereocenters. The normalized spacial score (nSPS) is 13.5. The molecule has 9 heteroatoms. The summed E-state index contributed by atoms with van der Waals surface area (Å²) in [6.45, 7) is 0.236. The van der Waals surface area contributed by atoms with Crippen molar-refractivity contribution in [3.05, 3.63) is 124 Å². The molecule has 4 aromatic carbocycles. The first-order chi connectivity index (χ1) is 19.4. The van der Waals surface area contributed by atoms with Crippen LogP contribution in [0.2, 0.25) is 10.0 Å². The van der Waals surface area contributed by atoms with Crippen LogP contribution >= 0.6 is 35.4 Å². The number of halogens is 2. The molecule has 0 N–H and O–H groups in total. The van der Waals surface area contributed by atoms with Crippen molar-refractivity contribution in [1.82, 2.24) is 0 Å². The monoisotopic (exact) mass is 588 g/mol. The zero-order valence-corrected chi connectivity index (χ0v) is 23.5. The number of para-hydroxylation sites is 2. The predicted octanol–water partition coefficient (Wildman–Crippen LogP) is 7.33. The maximum atomic E-state index is 13.7. The smallest absolute Gasteiger partial charge is 0.270 e. The highest BCUT2D eigenvalue weighted by Crippen LogP contribution is 2.33. The van der Waals surface area contributed by atoms with E-state index in [1.165, 1.54) is 23.0 Å². The maximum Gasteiger partial charge on any atom is 0.270 e.